The van der Waals surface area contributed by atoms with E-state index in [0.29, 0.717) is 30.1 Å². The lowest BCUT2D eigenvalue weighted by molar-refractivity contribution is -0.116. The first-order valence-electron chi connectivity index (χ1n) is 13.5. The van der Waals surface area contributed by atoms with Gasteiger partial charge in [-0.1, -0.05) is 24.3 Å². The van der Waals surface area contributed by atoms with Crippen LogP contribution in [0, 0.1) is 0 Å². The van der Waals surface area contributed by atoms with Crippen molar-refractivity contribution in [2.24, 2.45) is 0 Å². The number of ether oxygens (including phenoxy) is 3. The van der Waals surface area contributed by atoms with Crippen LogP contribution in [0.5, 0.6) is 17.2 Å². The van der Waals surface area contributed by atoms with E-state index in [1.807, 2.05) is 30.3 Å². The van der Waals surface area contributed by atoms with E-state index in [-0.39, 0.29) is 17.7 Å². The smallest absolute Gasteiger partial charge is 0.203 e. The second-order valence-corrected chi connectivity index (χ2v) is 9.89. The summed E-state index contributed by atoms with van der Waals surface area (Å²) in [5.74, 6) is 1.82. The fourth-order valence-corrected chi connectivity index (χ4v) is 5.78. The summed E-state index contributed by atoms with van der Waals surface area (Å²) in [6.07, 6.45) is 1.08. The maximum Gasteiger partial charge on any atom is 0.203 e. The van der Waals surface area contributed by atoms with Gasteiger partial charge in [-0.2, -0.15) is 0 Å². The zero-order valence-corrected chi connectivity index (χ0v) is 23.3. The molecule has 0 radical (unpaired) electrons. The van der Waals surface area contributed by atoms with E-state index in [1.54, 1.807) is 21.3 Å². The van der Waals surface area contributed by atoms with E-state index >= 15 is 0 Å². The Kier molecular flexibility index (Phi) is 7.68. The Morgan fingerprint density at radius 3 is 2.05 bits per heavy atom. The molecule has 0 aromatic heterocycles. The van der Waals surface area contributed by atoms with Gasteiger partial charge in [0, 0.05) is 36.5 Å². The number of allylic oxidation sites excluding steroid dienone is 1. The molecule has 0 spiro atoms. The second kappa shape index (κ2) is 11.3. The highest BCUT2D eigenvalue weighted by atomic mass is 16.5. The summed E-state index contributed by atoms with van der Waals surface area (Å²) in [6.45, 7) is 6.22. The first kappa shape index (κ1) is 26.5. The number of ketones is 1. The van der Waals surface area contributed by atoms with Gasteiger partial charge in [0.1, 0.15) is 0 Å². The highest BCUT2D eigenvalue weighted by molar-refractivity contribution is 6.01. The number of rotatable bonds is 8. The van der Waals surface area contributed by atoms with Crippen LogP contribution in [0.2, 0.25) is 0 Å². The number of carbonyl (C=O) groups is 1. The van der Waals surface area contributed by atoms with Crippen LogP contribution in [0.25, 0.3) is 0 Å². The maximum atomic E-state index is 14.0. The molecule has 7 heteroatoms. The number of nitrogens with zero attached hydrogens (tertiary/aromatic N) is 1. The van der Waals surface area contributed by atoms with Crippen LogP contribution in [0.15, 0.2) is 71.9 Å². The molecular formula is C32H37N3O4. The molecule has 2 aliphatic rings. The Bertz CT molecular complexity index is 1350. The van der Waals surface area contributed by atoms with Crippen LogP contribution >= 0.6 is 0 Å². The monoisotopic (exact) mass is 527 g/mol. The number of Topliss-reactive ketones (excluding diaryl/α,β-unsaturated/α-hetero) is 1. The fraction of sp³-hybridized carbons (Fsp3) is 0.344. The van der Waals surface area contributed by atoms with Crippen LogP contribution < -0.4 is 29.7 Å². The van der Waals surface area contributed by atoms with E-state index in [1.165, 1.54) is 5.69 Å². The van der Waals surface area contributed by atoms with Gasteiger partial charge in [0.25, 0.3) is 0 Å². The molecule has 0 bridgehead atoms. The summed E-state index contributed by atoms with van der Waals surface area (Å²) < 4.78 is 16.7. The quantitative estimate of drug-likeness (QED) is 0.345. The number of benzene rings is 3. The molecule has 3 aromatic rings. The van der Waals surface area contributed by atoms with E-state index in [2.05, 4.69) is 59.7 Å². The molecule has 1 aliphatic heterocycles. The molecule has 5 rings (SSSR count). The Morgan fingerprint density at radius 2 is 1.46 bits per heavy atom. The van der Waals surface area contributed by atoms with Crippen molar-refractivity contribution in [1.82, 2.24) is 0 Å². The third-order valence-corrected chi connectivity index (χ3v) is 7.82. The Labute approximate surface area is 230 Å². The predicted molar refractivity (Wildman–Crippen MR) is 157 cm³/mol. The van der Waals surface area contributed by atoms with Crippen molar-refractivity contribution in [3.63, 3.8) is 0 Å². The minimum Gasteiger partial charge on any atom is -0.493 e. The molecule has 1 heterocycles. The standard InChI is InChI=1S/C32H37N3O4/c1-6-35(7-2)23-14-12-20(13-15-23)31-30-26(33-24-10-8-9-11-25(24)34-31)16-21(17-27(30)36)22-18-28(37-3)32(39-5)29(19-22)38-4/h8-15,18-19,21,31,33-34H,6-7,16-17H2,1-5H3/t21-,31-/m0/s1. The number of hydrogen-bond donors (Lipinski definition) is 2. The fourth-order valence-electron chi connectivity index (χ4n) is 5.78. The average molecular weight is 528 g/mol. The van der Waals surface area contributed by atoms with E-state index in [4.69, 9.17) is 14.2 Å². The molecule has 2 N–H and O–H groups in total. The van der Waals surface area contributed by atoms with Crippen LogP contribution in [0.3, 0.4) is 0 Å². The molecule has 1 aliphatic carbocycles. The molecule has 39 heavy (non-hydrogen) atoms. The predicted octanol–water partition coefficient (Wildman–Crippen LogP) is 6.54. The van der Waals surface area contributed by atoms with Crippen molar-refractivity contribution in [1.29, 1.82) is 0 Å². The highest BCUT2D eigenvalue weighted by Crippen LogP contribution is 2.47. The van der Waals surface area contributed by atoms with Crippen molar-refractivity contribution in [2.45, 2.75) is 38.6 Å². The SMILES string of the molecule is CCN(CC)c1ccc([C@@H]2Nc3ccccc3NC3=C2C(=O)C[C@@H](c2cc(OC)c(OC)c(OC)c2)C3)cc1. The van der Waals surface area contributed by atoms with E-state index in [9.17, 15) is 4.79 Å². The van der Waals surface area contributed by atoms with Gasteiger partial charge in [-0.3, -0.25) is 4.79 Å². The van der Waals surface area contributed by atoms with Crippen molar-refractivity contribution >= 4 is 22.8 Å². The van der Waals surface area contributed by atoms with Crippen molar-refractivity contribution in [3.05, 3.63) is 83.1 Å². The molecule has 204 valence electrons. The number of para-hydroxylation sites is 2. The Balaban J connectivity index is 1.56. The molecule has 0 fully saturated rings. The lowest BCUT2D eigenvalue weighted by atomic mass is 9.78. The largest absolute Gasteiger partial charge is 0.493 e. The number of hydrogen-bond acceptors (Lipinski definition) is 7. The summed E-state index contributed by atoms with van der Waals surface area (Å²) in [4.78, 5) is 16.3. The highest BCUT2D eigenvalue weighted by Gasteiger charge is 2.36. The zero-order chi connectivity index (χ0) is 27.5. The third-order valence-electron chi connectivity index (χ3n) is 7.82. The Morgan fingerprint density at radius 1 is 0.821 bits per heavy atom. The lowest BCUT2D eigenvalue weighted by Crippen LogP contribution is -2.27. The van der Waals surface area contributed by atoms with Gasteiger partial charge in [-0.25, -0.2) is 0 Å². The normalized spacial score (nSPS) is 18.2. The molecule has 0 saturated carbocycles. The summed E-state index contributed by atoms with van der Waals surface area (Å²) in [5.41, 5.74) is 6.91. The van der Waals surface area contributed by atoms with E-state index in [0.717, 1.165) is 46.9 Å². The minimum absolute atomic E-state index is 0.0339. The lowest BCUT2D eigenvalue weighted by Gasteiger charge is -2.30. The number of carbonyl (C=O) groups excluding carboxylic acids is 1. The van der Waals surface area contributed by atoms with Crippen LogP contribution in [-0.4, -0.2) is 40.2 Å². The topological polar surface area (TPSA) is 72.1 Å². The first-order chi connectivity index (χ1) is 19.0. The number of anilines is 3. The zero-order valence-electron chi connectivity index (χ0n) is 23.3. The number of methoxy groups -OCH3 is 3. The van der Waals surface area contributed by atoms with E-state index < -0.39 is 0 Å². The minimum atomic E-state index is -0.254. The van der Waals surface area contributed by atoms with Crippen LogP contribution in [0.4, 0.5) is 17.1 Å². The van der Waals surface area contributed by atoms with Crippen molar-refractivity contribution in [3.8, 4) is 17.2 Å². The summed E-state index contributed by atoms with van der Waals surface area (Å²) >= 11 is 0. The van der Waals surface area contributed by atoms with Gasteiger partial charge in [0.2, 0.25) is 5.75 Å². The van der Waals surface area contributed by atoms with Gasteiger partial charge < -0.3 is 29.7 Å². The summed E-state index contributed by atoms with van der Waals surface area (Å²) in [5, 5.41) is 7.30. The summed E-state index contributed by atoms with van der Waals surface area (Å²) in [7, 11) is 4.81. The number of fused-ring (bicyclic) bond motifs is 1. The maximum absolute atomic E-state index is 14.0. The molecule has 2 atom stereocenters. The van der Waals surface area contributed by atoms with Crippen LogP contribution in [0.1, 0.15) is 49.8 Å². The van der Waals surface area contributed by atoms with Crippen molar-refractivity contribution in [2.75, 3.05) is 50.0 Å². The van der Waals surface area contributed by atoms with Crippen LogP contribution in [-0.2, 0) is 4.79 Å². The first-order valence-corrected chi connectivity index (χ1v) is 13.5. The molecule has 3 aromatic carbocycles. The molecule has 0 unspecified atom stereocenters. The molecule has 0 amide bonds. The van der Waals surface area contributed by atoms with Gasteiger partial charge in [0.15, 0.2) is 17.3 Å². The average Bonchev–Trinajstić information content (AvgIpc) is 3.14. The molecule has 0 saturated heterocycles. The van der Waals surface area contributed by atoms with Gasteiger partial charge in [-0.15, -0.1) is 0 Å². The molecule has 7 nitrogen and oxygen atoms in total. The second-order valence-electron chi connectivity index (χ2n) is 9.89. The third kappa shape index (κ3) is 5.01. The Hall–Kier alpha value is -4.13. The van der Waals surface area contributed by atoms with Gasteiger partial charge in [-0.05, 0) is 73.7 Å². The van der Waals surface area contributed by atoms with Gasteiger partial charge >= 0.3 is 0 Å². The van der Waals surface area contributed by atoms with Gasteiger partial charge in [0.05, 0.1) is 38.7 Å². The number of nitrogens with one attached hydrogen (secondary N) is 2. The van der Waals surface area contributed by atoms with Crippen molar-refractivity contribution < 1.29 is 19.0 Å². The summed E-state index contributed by atoms with van der Waals surface area (Å²) in [6, 6.07) is 20.4. The molecular weight excluding hydrogens is 490 g/mol.